The number of hydrogen-bond donors (Lipinski definition) is 1. The molecule has 0 spiro atoms. The van der Waals surface area contributed by atoms with Gasteiger partial charge in [-0.25, -0.2) is 0 Å². The molecule has 0 unspecified atom stereocenters. The molecule has 0 saturated heterocycles. The summed E-state index contributed by atoms with van der Waals surface area (Å²) in [6, 6.07) is 0. The Morgan fingerprint density at radius 1 is 1.36 bits per heavy atom. The summed E-state index contributed by atoms with van der Waals surface area (Å²) in [4.78, 5) is 0. The maximum Gasteiger partial charge on any atom is 0.120 e. The Morgan fingerprint density at radius 3 is 2.91 bits per heavy atom. The van der Waals surface area contributed by atoms with E-state index in [9.17, 15) is 0 Å². The highest BCUT2D eigenvalue weighted by Crippen LogP contribution is 2.27. The highest BCUT2D eigenvalue weighted by atomic mass is 32.2. The summed E-state index contributed by atoms with van der Waals surface area (Å²) in [6.07, 6.45) is 8.67. The van der Waals surface area contributed by atoms with Gasteiger partial charge in [-0.3, -0.25) is 0 Å². The minimum atomic E-state index is 1.23. The molecule has 0 fully saturated rings. The van der Waals surface area contributed by atoms with Crippen LogP contribution in [-0.4, -0.2) is 0 Å². The summed E-state index contributed by atoms with van der Waals surface area (Å²) in [5.74, 6) is 0. The predicted octanol–water partition coefficient (Wildman–Crippen LogP) is 3.25. The third-order valence-electron chi connectivity index (χ3n) is 1.78. The van der Waals surface area contributed by atoms with Crippen LogP contribution in [0.25, 0.3) is 0 Å². The van der Waals surface area contributed by atoms with Crippen LogP contribution in [0.15, 0.2) is 11.6 Å². The maximum atomic E-state index is 3.23. The van der Waals surface area contributed by atoms with Crippen molar-refractivity contribution in [1.29, 1.82) is 0 Å². The molecule has 1 heterocycles. The first-order valence-electron chi connectivity index (χ1n) is 4.37. The van der Waals surface area contributed by atoms with Gasteiger partial charge in [0.2, 0.25) is 0 Å². The van der Waals surface area contributed by atoms with Crippen LogP contribution in [0.5, 0.6) is 0 Å². The van der Waals surface area contributed by atoms with Crippen LogP contribution in [0.3, 0.4) is 0 Å². The second-order valence-electron chi connectivity index (χ2n) is 2.80. The lowest BCUT2D eigenvalue weighted by atomic mass is 10.1. The van der Waals surface area contributed by atoms with Crippen LogP contribution in [-0.2, 0) is 0 Å². The lowest BCUT2D eigenvalue weighted by molar-refractivity contribution is 0.645. The smallest absolute Gasteiger partial charge is 0.120 e. The Kier molecular flexibility index (Phi) is 4.51. The van der Waals surface area contributed by atoms with Gasteiger partial charge < -0.3 is 5.32 Å². The zero-order valence-electron chi connectivity index (χ0n) is 7.10. The fraction of sp³-hybridized carbons (Fsp3) is 0.667. The van der Waals surface area contributed by atoms with Gasteiger partial charge >= 0.3 is 0 Å². The molecule has 1 nitrogen and oxygen atoms in total. The Hall–Kier alpha value is -0.110. The van der Waals surface area contributed by atoms with E-state index in [1.807, 2.05) is 18.0 Å². The Bertz CT molecular complexity index is 115. The van der Waals surface area contributed by atoms with Crippen molar-refractivity contribution in [2.24, 2.45) is 0 Å². The van der Waals surface area contributed by atoms with Gasteiger partial charge in [0.15, 0.2) is 0 Å². The van der Waals surface area contributed by atoms with E-state index >= 15 is 0 Å². The zero-order chi connectivity index (χ0) is 7.94. The molecule has 0 saturated carbocycles. The van der Waals surface area contributed by atoms with E-state index in [0.717, 1.165) is 0 Å². The lowest BCUT2D eigenvalue weighted by Crippen LogP contribution is -2.05. The molecule has 1 aliphatic heterocycles. The minimum absolute atomic E-state index is 1.23. The third-order valence-corrected chi connectivity index (χ3v) is 2.66. The van der Waals surface area contributed by atoms with Gasteiger partial charge in [0.1, 0.15) is 5.37 Å². The molecule has 1 N–H and O–H groups in total. The average molecular weight is 170 g/mol. The SMILES string of the molecule is CCCCCC[C]1NC=CS1. The highest BCUT2D eigenvalue weighted by Gasteiger charge is 2.09. The van der Waals surface area contributed by atoms with Gasteiger partial charge in [-0.1, -0.05) is 32.6 Å². The van der Waals surface area contributed by atoms with Gasteiger partial charge in [-0.15, -0.1) is 11.8 Å². The fourth-order valence-electron chi connectivity index (χ4n) is 1.12. The first-order chi connectivity index (χ1) is 5.43. The Labute approximate surface area is 73.6 Å². The average Bonchev–Trinajstić information content (AvgIpc) is 2.50. The maximum absolute atomic E-state index is 3.23. The van der Waals surface area contributed by atoms with Crippen molar-refractivity contribution in [3.63, 3.8) is 0 Å². The van der Waals surface area contributed by atoms with E-state index in [2.05, 4.69) is 17.6 Å². The molecule has 0 aromatic rings. The van der Waals surface area contributed by atoms with E-state index in [0.29, 0.717) is 0 Å². The zero-order valence-corrected chi connectivity index (χ0v) is 7.91. The highest BCUT2D eigenvalue weighted by molar-refractivity contribution is 8.05. The number of unbranched alkanes of at least 4 members (excludes halogenated alkanes) is 3. The summed E-state index contributed by atoms with van der Waals surface area (Å²) in [5.41, 5.74) is 0. The molecule has 1 aliphatic rings. The summed E-state index contributed by atoms with van der Waals surface area (Å²) in [7, 11) is 0. The van der Waals surface area contributed by atoms with Crippen LogP contribution < -0.4 is 5.32 Å². The molecule has 0 aromatic heterocycles. The van der Waals surface area contributed by atoms with Crippen LogP contribution in [0.2, 0.25) is 0 Å². The standard InChI is InChI=1S/C9H16NS/c1-2-3-4-5-6-9-10-7-8-11-9/h7-8,10H,2-6H2,1H3. The van der Waals surface area contributed by atoms with Gasteiger partial charge in [0.25, 0.3) is 0 Å². The van der Waals surface area contributed by atoms with Gasteiger partial charge in [-0.05, 0) is 11.8 Å². The second kappa shape index (κ2) is 5.53. The van der Waals surface area contributed by atoms with Crippen molar-refractivity contribution in [2.45, 2.75) is 39.0 Å². The van der Waals surface area contributed by atoms with Crippen molar-refractivity contribution < 1.29 is 0 Å². The quantitative estimate of drug-likeness (QED) is 0.636. The predicted molar refractivity (Wildman–Crippen MR) is 51.9 cm³/mol. The summed E-state index contributed by atoms with van der Waals surface area (Å²) >= 11 is 1.83. The van der Waals surface area contributed by atoms with Gasteiger partial charge in [-0.2, -0.15) is 0 Å². The van der Waals surface area contributed by atoms with Gasteiger partial charge in [0.05, 0.1) is 0 Å². The number of hydrogen-bond acceptors (Lipinski definition) is 2. The van der Waals surface area contributed by atoms with Crippen LogP contribution in [0, 0.1) is 5.37 Å². The summed E-state index contributed by atoms with van der Waals surface area (Å²) < 4.78 is 0. The topological polar surface area (TPSA) is 12.0 Å². The first kappa shape index (κ1) is 8.98. The molecule has 0 atom stereocenters. The van der Waals surface area contributed by atoms with Crippen LogP contribution in [0.4, 0.5) is 0 Å². The molecule has 11 heavy (non-hydrogen) atoms. The van der Waals surface area contributed by atoms with E-state index in [-0.39, 0.29) is 0 Å². The summed E-state index contributed by atoms with van der Waals surface area (Å²) in [5, 5.41) is 6.76. The number of nitrogens with one attached hydrogen (secondary N) is 1. The van der Waals surface area contributed by atoms with E-state index < -0.39 is 0 Å². The van der Waals surface area contributed by atoms with Crippen molar-refractivity contribution in [3.8, 4) is 0 Å². The minimum Gasteiger partial charge on any atom is -0.373 e. The third kappa shape index (κ3) is 3.71. The van der Waals surface area contributed by atoms with E-state index in [1.165, 1.54) is 37.5 Å². The fourth-order valence-corrected chi connectivity index (χ4v) is 1.82. The molecular formula is C9H16NS. The van der Waals surface area contributed by atoms with Crippen molar-refractivity contribution >= 4 is 11.8 Å². The normalized spacial score (nSPS) is 17.2. The first-order valence-corrected chi connectivity index (χ1v) is 5.25. The molecule has 63 valence electrons. The molecule has 0 bridgehead atoms. The molecule has 0 aromatic carbocycles. The van der Waals surface area contributed by atoms with Crippen molar-refractivity contribution in [3.05, 3.63) is 17.0 Å². The number of thioether (sulfide) groups is 1. The van der Waals surface area contributed by atoms with Crippen molar-refractivity contribution in [2.75, 3.05) is 0 Å². The van der Waals surface area contributed by atoms with Crippen LogP contribution >= 0.6 is 11.8 Å². The second-order valence-corrected chi connectivity index (χ2v) is 3.80. The van der Waals surface area contributed by atoms with E-state index in [4.69, 9.17) is 0 Å². The largest absolute Gasteiger partial charge is 0.373 e. The van der Waals surface area contributed by atoms with Crippen LogP contribution in [0.1, 0.15) is 39.0 Å². The monoisotopic (exact) mass is 170 g/mol. The number of rotatable bonds is 5. The Morgan fingerprint density at radius 2 is 2.27 bits per heavy atom. The van der Waals surface area contributed by atoms with Crippen molar-refractivity contribution in [1.82, 2.24) is 5.32 Å². The molecule has 2 heteroatoms. The molecule has 0 amide bonds. The summed E-state index contributed by atoms with van der Waals surface area (Å²) in [6.45, 7) is 2.25. The van der Waals surface area contributed by atoms with E-state index in [1.54, 1.807) is 0 Å². The molecule has 0 aliphatic carbocycles. The van der Waals surface area contributed by atoms with Gasteiger partial charge in [0, 0.05) is 6.20 Å². The molecule has 1 rings (SSSR count). The molecular weight excluding hydrogens is 154 g/mol. The lowest BCUT2D eigenvalue weighted by Gasteiger charge is -2.07. The molecule has 1 radical (unpaired) electrons. The Balaban J connectivity index is 1.87.